The number of likely N-dealkylation sites (N-methyl/N-ethyl adjacent to an activating group) is 1. The number of hydrogen-bond acceptors (Lipinski definition) is 5. The van der Waals surface area contributed by atoms with E-state index in [4.69, 9.17) is 9.47 Å². The third kappa shape index (κ3) is 3.83. The first kappa shape index (κ1) is 18.3. The summed E-state index contributed by atoms with van der Waals surface area (Å²) in [6, 6.07) is 5.82. The predicted octanol–water partition coefficient (Wildman–Crippen LogP) is 1.86. The second-order valence-corrected chi connectivity index (χ2v) is 6.95. The van der Waals surface area contributed by atoms with Gasteiger partial charge in [0.05, 0.1) is 12.2 Å². The molecule has 2 heterocycles. The Labute approximate surface area is 154 Å². The number of fused-ring (bicyclic) bond motifs is 1. The van der Waals surface area contributed by atoms with Gasteiger partial charge in [0, 0.05) is 31.4 Å². The van der Waals surface area contributed by atoms with Crippen molar-refractivity contribution in [3.05, 3.63) is 40.7 Å². The number of rotatable bonds is 6. The molecule has 0 unspecified atom stereocenters. The van der Waals surface area contributed by atoms with Crippen molar-refractivity contribution in [3.63, 3.8) is 0 Å². The Morgan fingerprint density at radius 1 is 1.19 bits per heavy atom. The van der Waals surface area contributed by atoms with Crippen LogP contribution >= 0.6 is 0 Å². The molecule has 0 saturated heterocycles. The number of hydrogen-bond donors (Lipinski definition) is 0. The Bertz CT molecular complexity index is 813. The third-order valence-corrected chi connectivity index (χ3v) is 4.62. The first-order valence-corrected chi connectivity index (χ1v) is 8.65. The number of ether oxygens (including phenoxy) is 2. The van der Waals surface area contributed by atoms with Gasteiger partial charge in [-0.1, -0.05) is 6.07 Å². The lowest BCUT2D eigenvalue weighted by Gasteiger charge is -2.25. The van der Waals surface area contributed by atoms with Gasteiger partial charge in [0.1, 0.15) is 0 Å². The molecule has 140 valence electrons. The minimum Gasteiger partial charge on any atom is -0.454 e. The van der Waals surface area contributed by atoms with Crippen molar-refractivity contribution < 1.29 is 14.3 Å². The van der Waals surface area contributed by atoms with Crippen molar-refractivity contribution in [3.8, 4) is 11.5 Å². The molecule has 0 N–H and O–H groups in total. The molecule has 0 bridgehead atoms. The number of amides is 1. The van der Waals surface area contributed by atoms with E-state index in [1.54, 1.807) is 0 Å². The van der Waals surface area contributed by atoms with Crippen molar-refractivity contribution in [1.29, 1.82) is 0 Å². The number of aryl methyl sites for hydroxylation is 2. The van der Waals surface area contributed by atoms with Crippen LogP contribution in [0.4, 0.5) is 0 Å². The fourth-order valence-corrected chi connectivity index (χ4v) is 3.10. The SMILES string of the molecule is Cc1nn(C)c(C)c1CN(Cc1ccc2c(c1)OCO2)C(=O)CN(C)C. The Morgan fingerprint density at radius 2 is 1.92 bits per heavy atom. The molecule has 7 heteroatoms. The number of aromatic nitrogens is 2. The summed E-state index contributed by atoms with van der Waals surface area (Å²) in [6.45, 7) is 5.67. The number of carbonyl (C=O) groups is 1. The van der Waals surface area contributed by atoms with Gasteiger partial charge >= 0.3 is 0 Å². The van der Waals surface area contributed by atoms with Gasteiger partial charge in [-0.15, -0.1) is 0 Å². The van der Waals surface area contributed by atoms with Gasteiger partial charge < -0.3 is 19.3 Å². The summed E-state index contributed by atoms with van der Waals surface area (Å²) in [7, 11) is 5.73. The minimum absolute atomic E-state index is 0.0790. The first-order chi connectivity index (χ1) is 12.3. The summed E-state index contributed by atoms with van der Waals surface area (Å²) in [5.74, 6) is 1.56. The predicted molar refractivity (Wildman–Crippen MR) is 98.1 cm³/mol. The zero-order chi connectivity index (χ0) is 18.8. The molecular formula is C19H26N4O3. The van der Waals surface area contributed by atoms with E-state index in [2.05, 4.69) is 5.10 Å². The molecular weight excluding hydrogens is 332 g/mol. The van der Waals surface area contributed by atoms with Crippen LogP contribution in [-0.4, -0.2) is 52.9 Å². The second kappa shape index (κ2) is 7.37. The quantitative estimate of drug-likeness (QED) is 0.789. The standard InChI is InChI=1S/C19H26N4O3/c1-13-16(14(2)22(5)20-13)10-23(19(24)11-21(3)4)9-15-6-7-17-18(8-15)26-12-25-17/h6-8H,9-12H2,1-5H3. The molecule has 0 atom stereocenters. The van der Waals surface area contributed by atoms with Crippen LogP contribution in [0.1, 0.15) is 22.5 Å². The van der Waals surface area contributed by atoms with Crippen molar-refractivity contribution >= 4 is 5.91 Å². The zero-order valence-corrected chi connectivity index (χ0v) is 16.1. The highest BCUT2D eigenvalue weighted by Gasteiger charge is 2.21. The van der Waals surface area contributed by atoms with Gasteiger partial charge in [-0.25, -0.2) is 0 Å². The molecule has 1 amide bonds. The van der Waals surface area contributed by atoms with Crippen LogP contribution in [0.15, 0.2) is 18.2 Å². The van der Waals surface area contributed by atoms with E-state index in [1.165, 1.54) is 0 Å². The van der Waals surface area contributed by atoms with Gasteiger partial charge in [-0.05, 0) is 45.6 Å². The van der Waals surface area contributed by atoms with Crippen LogP contribution < -0.4 is 9.47 Å². The average Bonchev–Trinajstić information content (AvgIpc) is 3.12. The molecule has 0 spiro atoms. The maximum Gasteiger partial charge on any atom is 0.237 e. The van der Waals surface area contributed by atoms with Crippen LogP contribution in [0.3, 0.4) is 0 Å². The number of nitrogens with zero attached hydrogens (tertiary/aromatic N) is 4. The molecule has 1 aromatic heterocycles. The highest BCUT2D eigenvalue weighted by molar-refractivity contribution is 5.78. The zero-order valence-electron chi connectivity index (χ0n) is 16.1. The molecule has 7 nitrogen and oxygen atoms in total. The number of benzene rings is 1. The van der Waals surface area contributed by atoms with E-state index >= 15 is 0 Å². The molecule has 26 heavy (non-hydrogen) atoms. The second-order valence-electron chi connectivity index (χ2n) is 6.95. The highest BCUT2D eigenvalue weighted by Crippen LogP contribution is 2.33. The van der Waals surface area contributed by atoms with Crippen molar-refractivity contribution in [1.82, 2.24) is 19.6 Å². The van der Waals surface area contributed by atoms with E-state index in [9.17, 15) is 4.79 Å². The molecule has 2 aromatic rings. The normalized spacial score (nSPS) is 12.7. The summed E-state index contributed by atoms with van der Waals surface area (Å²) < 4.78 is 12.7. The third-order valence-electron chi connectivity index (χ3n) is 4.62. The topological polar surface area (TPSA) is 59.8 Å². The molecule has 0 saturated carbocycles. The molecule has 0 fully saturated rings. The molecule has 0 aliphatic carbocycles. The Kier molecular flexibility index (Phi) is 5.18. The lowest BCUT2D eigenvalue weighted by atomic mass is 10.1. The highest BCUT2D eigenvalue weighted by atomic mass is 16.7. The van der Waals surface area contributed by atoms with Gasteiger partial charge in [-0.3, -0.25) is 9.48 Å². The molecule has 1 aromatic carbocycles. The number of carbonyl (C=O) groups excluding carboxylic acids is 1. The largest absolute Gasteiger partial charge is 0.454 e. The summed E-state index contributed by atoms with van der Waals surface area (Å²) >= 11 is 0. The van der Waals surface area contributed by atoms with Crippen LogP contribution in [0.5, 0.6) is 11.5 Å². The van der Waals surface area contributed by atoms with E-state index in [0.29, 0.717) is 19.6 Å². The van der Waals surface area contributed by atoms with E-state index < -0.39 is 0 Å². The first-order valence-electron chi connectivity index (χ1n) is 8.65. The summed E-state index contributed by atoms with van der Waals surface area (Å²) in [4.78, 5) is 16.6. The smallest absolute Gasteiger partial charge is 0.237 e. The van der Waals surface area contributed by atoms with E-state index in [0.717, 1.165) is 34.0 Å². The van der Waals surface area contributed by atoms with Gasteiger partial charge in [-0.2, -0.15) is 5.10 Å². The lowest BCUT2D eigenvalue weighted by Crippen LogP contribution is -2.37. The average molecular weight is 358 g/mol. The van der Waals surface area contributed by atoms with Crippen LogP contribution in [-0.2, 0) is 24.9 Å². The van der Waals surface area contributed by atoms with Gasteiger partial charge in [0.25, 0.3) is 0 Å². The van der Waals surface area contributed by atoms with Crippen molar-refractivity contribution in [2.75, 3.05) is 27.4 Å². The lowest BCUT2D eigenvalue weighted by molar-refractivity contribution is -0.133. The maximum absolute atomic E-state index is 12.8. The Hall–Kier alpha value is -2.54. The molecule has 0 radical (unpaired) electrons. The Morgan fingerprint density at radius 3 is 2.58 bits per heavy atom. The van der Waals surface area contributed by atoms with Gasteiger partial charge in [0.15, 0.2) is 11.5 Å². The summed E-state index contributed by atoms with van der Waals surface area (Å²) in [6.07, 6.45) is 0. The van der Waals surface area contributed by atoms with Crippen LogP contribution in [0.25, 0.3) is 0 Å². The van der Waals surface area contributed by atoms with E-state index in [-0.39, 0.29) is 12.7 Å². The maximum atomic E-state index is 12.8. The van der Waals surface area contributed by atoms with E-state index in [1.807, 2.05) is 67.7 Å². The fourth-order valence-electron chi connectivity index (χ4n) is 3.10. The Balaban J connectivity index is 1.84. The molecule has 1 aliphatic heterocycles. The van der Waals surface area contributed by atoms with Crippen molar-refractivity contribution in [2.45, 2.75) is 26.9 Å². The minimum atomic E-state index is 0.0790. The van der Waals surface area contributed by atoms with Crippen molar-refractivity contribution in [2.24, 2.45) is 7.05 Å². The van der Waals surface area contributed by atoms with Crippen LogP contribution in [0, 0.1) is 13.8 Å². The summed E-state index contributed by atoms with van der Waals surface area (Å²) in [5, 5.41) is 4.47. The van der Waals surface area contributed by atoms with Crippen LogP contribution in [0.2, 0.25) is 0 Å². The molecule has 3 rings (SSSR count). The van der Waals surface area contributed by atoms with Gasteiger partial charge in [0.2, 0.25) is 12.7 Å². The fraction of sp³-hybridized carbons (Fsp3) is 0.474. The molecule has 1 aliphatic rings. The summed E-state index contributed by atoms with van der Waals surface area (Å²) in [5.41, 5.74) is 4.15. The monoisotopic (exact) mass is 358 g/mol.